The van der Waals surface area contributed by atoms with Crippen molar-refractivity contribution < 1.29 is 0 Å². The normalized spacial score (nSPS) is 10.7. The number of anilines is 3. The summed E-state index contributed by atoms with van der Waals surface area (Å²) in [6.07, 6.45) is 2.90. The number of nitrogens with zero attached hydrogens (tertiary/aromatic N) is 2. The minimum Gasteiger partial charge on any atom is -0.354 e. The number of benzene rings is 1. The molecular formula is C17H24N4. The van der Waals surface area contributed by atoms with Gasteiger partial charge in [0.1, 0.15) is 5.82 Å². The van der Waals surface area contributed by atoms with Crippen LogP contribution in [0.3, 0.4) is 0 Å². The molecule has 2 N–H and O–H groups in total. The van der Waals surface area contributed by atoms with E-state index in [1.165, 1.54) is 5.56 Å². The summed E-state index contributed by atoms with van der Waals surface area (Å²) in [7, 11) is 0. The molecule has 0 unspecified atom stereocenters. The van der Waals surface area contributed by atoms with Crippen LogP contribution in [-0.2, 0) is 0 Å². The first-order valence-corrected chi connectivity index (χ1v) is 7.55. The highest BCUT2D eigenvalue weighted by Crippen LogP contribution is 2.27. The lowest BCUT2D eigenvalue weighted by Crippen LogP contribution is -2.07. The van der Waals surface area contributed by atoms with Crippen molar-refractivity contribution in [1.82, 2.24) is 9.97 Å². The summed E-state index contributed by atoms with van der Waals surface area (Å²) in [5.74, 6) is 2.00. The zero-order chi connectivity index (χ0) is 15.2. The molecule has 0 amide bonds. The van der Waals surface area contributed by atoms with Gasteiger partial charge in [-0.2, -0.15) is 4.98 Å². The lowest BCUT2D eigenvalue weighted by molar-refractivity contribution is 0.868. The Balaban J connectivity index is 2.26. The predicted octanol–water partition coefficient (Wildman–Crippen LogP) is 4.47. The van der Waals surface area contributed by atoms with Crippen LogP contribution in [0.2, 0.25) is 0 Å². The van der Waals surface area contributed by atoms with E-state index in [1.54, 1.807) is 0 Å². The molecule has 1 aromatic heterocycles. The van der Waals surface area contributed by atoms with E-state index in [-0.39, 0.29) is 0 Å². The van der Waals surface area contributed by atoms with Crippen molar-refractivity contribution in [3.05, 3.63) is 41.6 Å². The molecule has 112 valence electrons. The molecular weight excluding hydrogens is 260 g/mol. The maximum atomic E-state index is 4.57. The van der Waals surface area contributed by atoms with E-state index in [1.807, 2.05) is 19.2 Å². The van der Waals surface area contributed by atoms with Crippen LogP contribution >= 0.6 is 0 Å². The van der Waals surface area contributed by atoms with E-state index in [9.17, 15) is 0 Å². The van der Waals surface area contributed by atoms with E-state index < -0.39 is 0 Å². The summed E-state index contributed by atoms with van der Waals surface area (Å²) in [6.45, 7) is 9.41. The van der Waals surface area contributed by atoms with Crippen LogP contribution in [0.4, 0.5) is 17.5 Å². The SMILES string of the molecule is CCCNc1ncc(C)c(Nc2ccccc2C(C)C)n1. The first-order valence-electron chi connectivity index (χ1n) is 7.55. The van der Waals surface area contributed by atoms with Crippen molar-refractivity contribution in [2.45, 2.75) is 40.0 Å². The molecule has 0 fully saturated rings. The van der Waals surface area contributed by atoms with Gasteiger partial charge in [0.25, 0.3) is 0 Å². The van der Waals surface area contributed by atoms with Crippen LogP contribution in [0.15, 0.2) is 30.5 Å². The summed E-state index contributed by atoms with van der Waals surface area (Å²) in [5.41, 5.74) is 3.44. The summed E-state index contributed by atoms with van der Waals surface area (Å²) in [4.78, 5) is 8.89. The summed E-state index contributed by atoms with van der Waals surface area (Å²) in [6, 6.07) is 8.36. The number of rotatable bonds is 6. The largest absolute Gasteiger partial charge is 0.354 e. The fourth-order valence-electron chi connectivity index (χ4n) is 2.13. The van der Waals surface area contributed by atoms with Gasteiger partial charge in [-0.15, -0.1) is 0 Å². The third kappa shape index (κ3) is 3.94. The number of aryl methyl sites for hydroxylation is 1. The van der Waals surface area contributed by atoms with Gasteiger partial charge in [-0.25, -0.2) is 4.98 Å². The average Bonchev–Trinajstić information content (AvgIpc) is 2.48. The number of aromatic nitrogens is 2. The van der Waals surface area contributed by atoms with Gasteiger partial charge in [-0.05, 0) is 30.9 Å². The Morgan fingerprint density at radius 2 is 1.95 bits per heavy atom. The quantitative estimate of drug-likeness (QED) is 0.821. The number of nitrogens with one attached hydrogen (secondary N) is 2. The highest BCUT2D eigenvalue weighted by atomic mass is 15.1. The van der Waals surface area contributed by atoms with Crippen molar-refractivity contribution in [2.24, 2.45) is 0 Å². The van der Waals surface area contributed by atoms with Gasteiger partial charge in [-0.1, -0.05) is 39.0 Å². The van der Waals surface area contributed by atoms with Crippen LogP contribution < -0.4 is 10.6 Å². The summed E-state index contributed by atoms with van der Waals surface area (Å²) in [5, 5.41) is 6.67. The number of hydrogen-bond donors (Lipinski definition) is 2. The molecule has 0 aliphatic heterocycles. The molecule has 0 saturated heterocycles. The highest BCUT2D eigenvalue weighted by Gasteiger charge is 2.09. The van der Waals surface area contributed by atoms with Crippen molar-refractivity contribution in [1.29, 1.82) is 0 Å². The Morgan fingerprint density at radius 3 is 2.67 bits per heavy atom. The Hall–Kier alpha value is -2.10. The van der Waals surface area contributed by atoms with E-state index in [2.05, 4.69) is 59.6 Å². The average molecular weight is 284 g/mol. The lowest BCUT2D eigenvalue weighted by atomic mass is 10.0. The Kier molecular flexibility index (Phi) is 5.14. The highest BCUT2D eigenvalue weighted by molar-refractivity contribution is 5.64. The van der Waals surface area contributed by atoms with Gasteiger partial charge in [-0.3, -0.25) is 0 Å². The fraction of sp³-hybridized carbons (Fsp3) is 0.412. The molecule has 1 heterocycles. The first-order chi connectivity index (χ1) is 10.1. The van der Waals surface area contributed by atoms with E-state index in [0.717, 1.165) is 30.0 Å². The molecule has 0 radical (unpaired) electrons. The van der Waals surface area contributed by atoms with Crippen LogP contribution in [0.5, 0.6) is 0 Å². The molecule has 0 aliphatic carbocycles. The van der Waals surface area contributed by atoms with Crippen molar-refractivity contribution in [3.8, 4) is 0 Å². The van der Waals surface area contributed by atoms with E-state index in [4.69, 9.17) is 0 Å². The molecule has 0 spiro atoms. The molecule has 2 aromatic rings. The number of hydrogen-bond acceptors (Lipinski definition) is 4. The maximum absolute atomic E-state index is 4.57. The molecule has 0 bridgehead atoms. The third-order valence-electron chi connectivity index (χ3n) is 3.34. The Labute approximate surface area is 127 Å². The van der Waals surface area contributed by atoms with Crippen LogP contribution in [-0.4, -0.2) is 16.5 Å². The predicted molar refractivity (Wildman–Crippen MR) is 89.4 cm³/mol. The summed E-state index contributed by atoms with van der Waals surface area (Å²) < 4.78 is 0. The molecule has 21 heavy (non-hydrogen) atoms. The van der Waals surface area contributed by atoms with Gasteiger partial charge >= 0.3 is 0 Å². The third-order valence-corrected chi connectivity index (χ3v) is 3.34. The van der Waals surface area contributed by atoms with E-state index >= 15 is 0 Å². The van der Waals surface area contributed by atoms with Crippen LogP contribution in [0, 0.1) is 6.92 Å². The summed E-state index contributed by atoms with van der Waals surface area (Å²) >= 11 is 0. The van der Waals surface area contributed by atoms with Crippen molar-refractivity contribution >= 4 is 17.5 Å². The topological polar surface area (TPSA) is 49.8 Å². The molecule has 4 nitrogen and oxygen atoms in total. The van der Waals surface area contributed by atoms with Crippen molar-refractivity contribution in [2.75, 3.05) is 17.2 Å². The molecule has 2 rings (SSSR count). The first kappa shape index (κ1) is 15.3. The van der Waals surface area contributed by atoms with Gasteiger partial charge < -0.3 is 10.6 Å². The standard InChI is InChI=1S/C17H24N4/c1-5-10-18-17-19-11-13(4)16(21-17)20-15-9-7-6-8-14(15)12(2)3/h6-9,11-12H,5,10H2,1-4H3,(H2,18,19,20,21). The lowest BCUT2D eigenvalue weighted by Gasteiger charge is -2.15. The molecule has 0 saturated carbocycles. The molecule has 0 aliphatic rings. The number of para-hydroxylation sites is 1. The second kappa shape index (κ2) is 7.07. The minimum absolute atomic E-state index is 0.466. The van der Waals surface area contributed by atoms with Gasteiger partial charge in [0.05, 0.1) is 0 Å². The monoisotopic (exact) mass is 284 g/mol. The molecule has 4 heteroatoms. The second-order valence-electron chi connectivity index (χ2n) is 5.52. The Bertz CT molecular complexity index is 593. The van der Waals surface area contributed by atoms with Gasteiger partial charge in [0, 0.05) is 24.0 Å². The molecule has 1 aromatic carbocycles. The molecule has 0 atom stereocenters. The van der Waals surface area contributed by atoms with Gasteiger partial charge in [0.15, 0.2) is 0 Å². The zero-order valence-corrected chi connectivity index (χ0v) is 13.3. The van der Waals surface area contributed by atoms with Crippen molar-refractivity contribution in [3.63, 3.8) is 0 Å². The Morgan fingerprint density at radius 1 is 1.19 bits per heavy atom. The second-order valence-corrected chi connectivity index (χ2v) is 5.52. The van der Waals surface area contributed by atoms with Gasteiger partial charge in [0.2, 0.25) is 5.95 Å². The van der Waals surface area contributed by atoms with Crippen LogP contribution in [0.1, 0.15) is 44.2 Å². The fourth-order valence-corrected chi connectivity index (χ4v) is 2.13. The maximum Gasteiger partial charge on any atom is 0.224 e. The van der Waals surface area contributed by atoms with Crippen LogP contribution in [0.25, 0.3) is 0 Å². The smallest absolute Gasteiger partial charge is 0.224 e. The minimum atomic E-state index is 0.466. The van der Waals surface area contributed by atoms with E-state index in [0.29, 0.717) is 11.9 Å². The zero-order valence-electron chi connectivity index (χ0n) is 13.3.